The lowest BCUT2D eigenvalue weighted by molar-refractivity contribution is 0.195. The SMILES string of the molecule is C[C@H](O)Cc1cc(F)cc(Br)c1. The predicted molar refractivity (Wildman–Crippen MR) is 49.5 cm³/mol. The van der Waals surface area contributed by atoms with Crippen molar-refractivity contribution in [3.8, 4) is 0 Å². The van der Waals surface area contributed by atoms with Crippen LogP contribution in [0, 0.1) is 5.82 Å². The predicted octanol–water partition coefficient (Wildman–Crippen LogP) is 2.51. The van der Waals surface area contributed by atoms with Gasteiger partial charge >= 0.3 is 0 Å². The topological polar surface area (TPSA) is 20.2 Å². The quantitative estimate of drug-likeness (QED) is 0.832. The van der Waals surface area contributed by atoms with Crippen molar-refractivity contribution in [3.05, 3.63) is 34.1 Å². The summed E-state index contributed by atoms with van der Waals surface area (Å²) >= 11 is 3.18. The molecule has 0 spiro atoms. The second-order valence-electron chi connectivity index (χ2n) is 2.83. The fourth-order valence-electron chi connectivity index (χ4n) is 1.07. The second-order valence-corrected chi connectivity index (χ2v) is 3.75. The van der Waals surface area contributed by atoms with Gasteiger partial charge in [0.05, 0.1) is 6.10 Å². The molecule has 0 aliphatic rings. The van der Waals surface area contributed by atoms with Crippen molar-refractivity contribution in [3.63, 3.8) is 0 Å². The van der Waals surface area contributed by atoms with Crippen LogP contribution in [0.1, 0.15) is 12.5 Å². The highest BCUT2D eigenvalue weighted by atomic mass is 79.9. The van der Waals surface area contributed by atoms with Gasteiger partial charge in [-0.2, -0.15) is 0 Å². The van der Waals surface area contributed by atoms with E-state index in [4.69, 9.17) is 5.11 Å². The van der Waals surface area contributed by atoms with Gasteiger partial charge in [0.15, 0.2) is 0 Å². The van der Waals surface area contributed by atoms with Crippen LogP contribution in [0.5, 0.6) is 0 Å². The molecular weight excluding hydrogens is 223 g/mol. The molecule has 12 heavy (non-hydrogen) atoms. The van der Waals surface area contributed by atoms with E-state index in [0.717, 1.165) is 5.56 Å². The van der Waals surface area contributed by atoms with E-state index in [1.165, 1.54) is 12.1 Å². The fraction of sp³-hybridized carbons (Fsp3) is 0.333. The van der Waals surface area contributed by atoms with Gasteiger partial charge in [0, 0.05) is 4.47 Å². The molecule has 0 aromatic heterocycles. The minimum absolute atomic E-state index is 0.278. The highest BCUT2D eigenvalue weighted by Crippen LogP contribution is 2.15. The van der Waals surface area contributed by atoms with E-state index in [9.17, 15) is 4.39 Å². The summed E-state index contributed by atoms with van der Waals surface area (Å²) in [6.45, 7) is 1.68. The molecule has 0 bridgehead atoms. The zero-order chi connectivity index (χ0) is 9.14. The largest absolute Gasteiger partial charge is 0.393 e. The Labute approximate surface area is 79.4 Å². The third-order valence-corrected chi connectivity index (χ3v) is 1.91. The average Bonchev–Trinajstić information content (AvgIpc) is 1.81. The third kappa shape index (κ3) is 2.91. The Morgan fingerprint density at radius 3 is 2.67 bits per heavy atom. The first-order valence-corrected chi connectivity index (χ1v) is 4.50. The first-order chi connectivity index (χ1) is 5.58. The molecular formula is C9H10BrFO. The Morgan fingerprint density at radius 2 is 2.17 bits per heavy atom. The van der Waals surface area contributed by atoms with Crippen molar-refractivity contribution in [2.45, 2.75) is 19.4 Å². The highest BCUT2D eigenvalue weighted by Gasteiger charge is 2.01. The molecule has 0 aliphatic heterocycles. The summed E-state index contributed by atoms with van der Waals surface area (Å²) < 4.78 is 13.5. The van der Waals surface area contributed by atoms with Crippen LogP contribution in [0.3, 0.4) is 0 Å². The maximum atomic E-state index is 12.8. The number of halogens is 2. The molecule has 1 aromatic rings. The van der Waals surface area contributed by atoms with Gasteiger partial charge in [-0.3, -0.25) is 0 Å². The minimum Gasteiger partial charge on any atom is -0.393 e. The molecule has 0 heterocycles. The number of benzene rings is 1. The van der Waals surface area contributed by atoms with Crippen LogP contribution in [0.15, 0.2) is 22.7 Å². The normalized spacial score (nSPS) is 13.0. The van der Waals surface area contributed by atoms with Crippen molar-refractivity contribution in [1.29, 1.82) is 0 Å². The number of hydrogen-bond donors (Lipinski definition) is 1. The van der Waals surface area contributed by atoms with Gasteiger partial charge < -0.3 is 5.11 Å². The molecule has 1 rings (SSSR count). The molecule has 1 aromatic carbocycles. The van der Waals surface area contributed by atoms with Crippen LogP contribution in [0.25, 0.3) is 0 Å². The minimum atomic E-state index is -0.432. The van der Waals surface area contributed by atoms with Crippen molar-refractivity contribution in [2.75, 3.05) is 0 Å². The maximum absolute atomic E-state index is 12.8. The molecule has 1 atom stereocenters. The molecule has 3 heteroatoms. The second kappa shape index (κ2) is 4.01. The van der Waals surface area contributed by atoms with Crippen molar-refractivity contribution in [1.82, 2.24) is 0 Å². The van der Waals surface area contributed by atoms with E-state index in [0.29, 0.717) is 10.9 Å². The molecule has 66 valence electrons. The molecule has 1 nitrogen and oxygen atoms in total. The lowest BCUT2D eigenvalue weighted by atomic mass is 10.1. The first-order valence-electron chi connectivity index (χ1n) is 3.71. The Morgan fingerprint density at radius 1 is 1.50 bits per heavy atom. The van der Waals surface area contributed by atoms with E-state index in [1.54, 1.807) is 13.0 Å². The van der Waals surface area contributed by atoms with E-state index >= 15 is 0 Å². The highest BCUT2D eigenvalue weighted by molar-refractivity contribution is 9.10. The zero-order valence-corrected chi connectivity index (χ0v) is 8.31. The molecule has 0 saturated carbocycles. The monoisotopic (exact) mass is 232 g/mol. The summed E-state index contributed by atoms with van der Waals surface area (Å²) in [6.07, 6.45) is 0.0507. The first kappa shape index (κ1) is 9.68. The molecule has 1 N–H and O–H groups in total. The molecule has 0 aliphatic carbocycles. The summed E-state index contributed by atoms with van der Waals surface area (Å²) in [5, 5.41) is 9.05. The summed E-state index contributed by atoms with van der Waals surface area (Å²) in [6, 6.07) is 4.62. The van der Waals surface area contributed by atoms with Crippen molar-refractivity contribution < 1.29 is 9.50 Å². The average molecular weight is 233 g/mol. The third-order valence-electron chi connectivity index (χ3n) is 1.45. The summed E-state index contributed by atoms with van der Waals surface area (Å²) in [7, 11) is 0. The lowest BCUT2D eigenvalue weighted by Gasteiger charge is -2.04. The van der Waals surface area contributed by atoms with E-state index < -0.39 is 6.10 Å². The maximum Gasteiger partial charge on any atom is 0.124 e. The molecule has 0 saturated heterocycles. The summed E-state index contributed by atoms with van der Waals surface area (Å²) in [4.78, 5) is 0. The van der Waals surface area contributed by atoms with E-state index in [2.05, 4.69) is 15.9 Å². The fourth-order valence-corrected chi connectivity index (χ4v) is 1.58. The zero-order valence-electron chi connectivity index (χ0n) is 6.72. The summed E-state index contributed by atoms with van der Waals surface area (Å²) in [5.41, 5.74) is 0.803. The number of aliphatic hydroxyl groups is 1. The Bertz CT molecular complexity index is 253. The lowest BCUT2D eigenvalue weighted by Crippen LogP contribution is -2.04. The number of rotatable bonds is 2. The van der Waals surface area contributed by atoms with Crippen LogP contribution in [-0.4, -0.2) is 11.2 Å². The molecule has 0 radical (unpaired) electrons. The van der Waals surface area contributed by atoms with Gasteiger partial charge in [0.2, 0.25) is 0 Å². The Hall–Kier alpha value is -0.410. The van der Waals surface area contributed by atoms with Crippen LogP contribution < -0.4 is 0 Å². The van der Waals surface area contributed by atoms with Crippen LogP contribution in [-0.2, 0) is 6.42 Å². The standard InChI is InChI=1S/C9H10BrFO/c1-6(12)2-7-3-8(10)5-9(11)4-7/h3-6,12H,2H2,1H3/t6-/m0/s1. The van der Waals surface area contributed by atoms with E-state index in [1.807, 2.05) is 0 Å². The van der Waals surface area contributed by atoms with Crippen molar-refractivity contribution in [2.24, 2.45) is 0 Å². The van der Waals surface area contributed by atoms with Gasteiger partial charge in [-0.1, -0.05) is 15.9 Å². The Balaban J connectivity index is 2.85. The van der Waals surface area contributed by atoms with Gasteiger partial charge in [-0.05, 0) is 37.1 Å². The van der Waals surface area contributed by atoms with Gasteiger partial charge in [0.25, 0.3) is 0 Å². The number of hydrogen-bond acceptors (Lipinski definition) is 1. The Kier molecular flexibility index (Phi) is 3.23. The smallest absolute Gasteiger partial charge is 0.124 e. The molecule has 0 fully saturated rings. The van der Waals surface area contributed by atoms with E-state index in [-0.39, 0.29) is 5.82 Å². The van der Waals surface area contributed by atoms with Crippen LogP contribution in [0.4, 0.5) is 4.39 Å². The van der Waals surface area contributed by atoms with Gasteiger partial charge in [0.1, 0.15) is 5.82 Å². The number of aliphatic hydroxyl groups excluding tert-OH is 1. The van der Waals surface area contributed by atoms with Gasteiger partial charge in [-0.15, -0.1) is 0 Å². The van der Waals surface area contributed by atoms with Crippen LogP contribution >= 0.6 is 15.9 Å². The molecule has 0 amide bonds. The van der Waals surface area contributed by atoms with Crippen LogP contribution in [0.2, 0.25) is 0 Å². The van der Waals surface area contributed by atoms with Gasteiger partial charge in [-0.25, -0.2) is 4.39 Å². The van der Waals surface area contributed by atoms with Crippen molar-refractivity contribution >= 4 is 15.9 Å². The summed E-state index contributed by atoms with van der Waals surface area (Å²) in [5.74, 6) is -0.278. The molecule has 0 unspecified atom stereocenters.